The number of aliphatic hydroxyl groups is 1. The van der Waals surface area contributed by atoms with Gasteiger partial charge in [-0.25, -0.2) is 4.79 Å². The molecule has 3 N–H and O–H groups in total. The van der Waals surface area contributed by atoms with Gasteiger partial charge in [-0.1, -0.05) is 6.42 Å². The van der Waals surface area contributed by atoms with Crippen LogP contribution in [0.15, 0.2) is 36.4 Å². The van der Waals surface area contributed by atoms with E-state index in [-0.39, 0.29) is 11.7 Å². The van der Waals surface area contributed by atoms with Crippen molar-refractivity contribution in [2.75, 3.05) is 28.4 Å². The topological polar surface area (TPSA) is 127 Å². The smallest absolute Gasteiger partial charge is 0.404 e. The second-order valence-corrected chi connectivity index (χ2v) is 7.71. The van der Waals surface area contributed by atoms with Crippen molar-refractivity contribution in [3.63, 3.8) is 0 Å². The number of hydrogen-bond acceptors (Lipinski definition) is 8. The second kappa shape index (κ2) is 13.3. The molecule has 0 bridgehead atoms. The van der Waals surface area contributed by atoms with E-state index >= 15 is 0 Å². The van der Waals surface area contributed by atoms with Crippen LogP contribution in [-0.4, -0.2) is 51.5 Å². The van der Waals surface area contributed by atoms with E-state index in [1.807, 2.05) is 0 Å². The number of methoxy groups -OCH3 is 4. The third kappa shape index (κ3) is 7.84. The standard InChI is InChI=1S/C18H20O6.C7H13NO2/c1-21-13-5-11(6-14(9-13)22-2)17(19)18(20)12-7-15(23-3)10-16(8-12)24-4;8-7(9)10-6-4-2-1-3-5-6/h5-10,17,19H,1-4H3;6H,1-5H2,(H2,8,9). The number of primary amides is 1. The van der Waals surface area contributed by atoms with E-state index < -0.39 is 18.0 Å². The third-order valence-corrected chi connectivity index (χ3v) is 5.41. The predicted molar refractivity (Wildman–Crippen MR) is 126 cm³/mol. The molecular formula is C25H33NO8. The van der Waals surface area contributed by atoms with Gasteiger partial charge in [0.2, 0.25) is 0 Å². The average Bonchev–Trinajstić information content (AvgIpc) is 2.87. The average molecular weight is 476 g/mol. The summed E-state index contributed by atoms with van der Waals surface area (Å²) >= 11 is 0. The van der Waals surface area contributed by atoms with Crippen molar-refractivity contribution in [3.05, 3.63) is 47.5 Å². The lowest BCUT2D eigenvalue weighted by atomic mass is 9.98. The molecule has 34 heavy (non-hydrogen) atoms. The lowest BCUT2D eigenvalue weighted by molar-refractivity contribution is 0.0745. The Hall–Kier alpha value is -3.46. The van der Waals surface area contributed by atoms with Crippen molar-refractivity contribution in [1.82, 2.24) is 0 Å². The molecule has 9 nitrogen and oxygen atoms in total. The van der Waals surface area contributed by atoms with Crippen LogP contribution in [-0.2, 0) is 4.74 Å². The van der Waals surface area contributed by atoms with Crippen molar-refractivity contribution in [2.24, 2.45) is 5.73 Å². The Balaban J connectivity index is 0.000000340. The number of Topliss-reactive ketones (excluding diaryl/α,β-unsaturated/α-hetero) is 1. The Labute approximate surface area is 199 Å². The molecule has 1 amide bonds. The number of carbonyl (C=O) groups is 2. The molecule has 186 valence electrons. The number of benzene rings is 2. The van der Waals surface area contributed by atoms with E-state index in [4.69, 9.17) is 29.4 Å². The summed E-state index contributed by atoms with van der Waals surface area (Å²) < 4.78 is 25.5. The number of nitrogens with two attached hydrogens (primary N) is 1. The summed E-state index contributed by atoms with van der Waals surface area (Å²) in [5.41, 5.74) is 5.51. The zero-order valence-corrected chi connectivity index (χ0v) is 20.0. The van der Waals surface area contributed by atoms with Crippen LogP contribution in [0.5, 0.6) is 23.0 Å². The van der Waals surface area contributed by atoms with Gasteiger partial charge in [-0.3, -0.25) is 4.79 Å². The molecule has 0 heterocycles. The van der Waals surface area contributed by atoms with Gasteiger partial charge >= 0.3 is 6.09 Å². The van der Waals surface area contributed by atoms with E-state index in [0.717, 1.165) is 25.7 Å². The first-order valence-corrected chi connectivity index (χ1v) is 11.0. The van der Waals surface area contributed by atoms with Crippen molar-refractivity contribution in [3.8, 4) is 23.0 Å². The van der Waals surface area contributed by atoms with Gasteiger partial charge in [0.15, 0.2) is 5.78 Å². The largest absolute Gasteiger partial charge is 0.497 e. The molecule has 1 saturated carbocycles. The fraction of sp³-hybridized carbons (Fsp3) is 0.440. The Kier molecular flexibility index (Phi) is 10.5. The molecule has 1 aliphatic rings. The number of rotatable bonds is 8. The Morgan fingerprint density at radius 1 is 0.794 bits per heavy atom. The van der Waals surface area contributed by atoms with Crippen LogP contribution in [0.4, 0.5) is 4.79 Å². The Morgan fingerprint density at radius 2 is 1.24 bits per heavy atom. The zero-order valence-electron chi connectivity index (χ0n) is 20.0. The molecule has 1 atom stereocenters. The number of hydrogen-bond donors (Lipinski definition) is 2. The lowest BCUT2D eigenvalue weighted by Crippen LogP contribution is -2.24. The molecule has 1 fully saturated rings. The third-order valence-electron chi connectivity index (χ3n) is 5.41. The summed E-state index contributed by atoms with van der Waals surface area (Å²) in [7, 11) is 5.98. The van der Waals surface area contributed by atoms with Crippen molar-refractivity contribution < 1.29 is 38.4 Å². The first-order chi connectivity index (χ1) is 16.3. The summed E-state index contributed by atoms with van der Waals surface area (Å²) in [6, 6.07) is 9.58. The molecule has 0 aliphatic heterocycles. The van der Waals surface area contributed by atoms with Gasteiger partial charge in [-0.05, 0) is 55.5 Å². The molecule has 1 unspecified atom stereocenters. The quantitative estimate of drug-likeness (QED) is 0.548. The first kappa shape index (κ1) is 26.8. The molecule has 2 aromatic carbocycles. The van der Waals surface area contributed by atoms with Crippen LogP contribution in [0.1, 0.15) is 54.1 Å². The van der Waals surface area contributed by atoms with Gasteiger partial charge in [-0.15, -0.1) is 0 Å². The maximum Gasteiger partial charge on any atom is 0.404 e. The first-order valence-electron chi connectivity index (χ1n) is 11.0. The summed E-state index contributed by atoms with van der Waals surface area (Å²) in [6.07, 6.45) is 3.67. The minimum atomic E-state index is -1.37. The zero-order chi connectivity index (χ0) is 25.1. The molecule has 3 rings (SSSR count). The van der Waals surface area contributed by atoms with Gasteiger partial charge in [0.25, 0.3) is 0 Å². The highest BCUT2D eigenvalue weighted by molar-refractivity contribution is 6.00. The molecular weight excluding hydrogens is 442 g/mol. The van der Waals surface area contributed by atoms with E-state index in [2.05, 4.69) is 0 Å². The normalized spacial score (nSPS) is 14.1. The summed E-state index contributed by atoms with van der Waals surface area (Å²) in [5.74, 6) is 1.42. The summed E-state index contributed by atoms with van der Waals surface area (Å²) in [4.78, 5) is 22.9. The van der Waals surface area contributed by atoms with E-state index in [1.165, 1.54) is 34.9 Å². The van der Waals surface area contributed by atoms with Crippen molar-refractivity contribution in [2.45, 2.75) is 44.3 Å². The van der Waals surface area contributed by atoms with Gasteiger partial charge in [0, 0.05) is 17.7 Å². The van der Waals surface area contributed by atoms with Crippen LogP contribution in [0.3, 0.4) is 0 Å². The minimum absolute atomic E-state index is 0.103. The molecule has 1 aliphatic carbocycles. The number of aliphatic hydroxyl groups excluding tert-OH is 1. The van der Waals surface area contributed by atoms with E-state index in [1.54, 1.807) is 36.4 Å². The fourth-order valence-corrected chi connectivity index (χ4v) is 3.59. The highest BCUT2D eigenvalue weighted by Crippen LogP contribution is 2.30. The maximum absolute atomic E-state index is 12.6. The predicted octanol–water partition coefficient (Wildman–Crippen LogP) is 4.05. The summed E-state index contributed by atoms with van der Waals surface area (Å²) in [6.45, 7) is 0. The minimum Gasteiger partial charge on any atom is -0.497 e. The van der Waals surface area contributed by atoms with Crippen molar-refractivity contribution in [1.29, 1.82) is 0 Å². The molecule has 0 radical (unpaired) electrons. The van der Waals surface area contributed by atoms with Gasteiger partial charge in [-0.2, -0.15) is 0 Å². The van der Waals surface area contributed by atoms with E-state index in [0.29, 0.717) is 28.6 Å². The van der Waals surface area contributed by atoms with Crippen molar-refractivity contribution >= 4 is 11.9 Å². The van der Waals surface area contributed by atoms with Gasteiger partial charge < -0.3 is 34.5 Å². The van der Waals surface area contributed by atoms with Gasteiger partial charge in [0.1, 0.15) is 35.2 Å². The van der Waals surface area contributed by atoms with Crippen LogP contribution < -0.4 is 24.7 Å². The number of amides is 1. The lowest BCUT2D eigenvalue weighted by Gasteiger charge is -2.20. The van der Waals surface area contributed by atoms with Crippen LogP contribution >= 0.6 is 0 Å². The van der Waals surface area contributed by atoms with Crippen LogP contribution in [0.25, 0.3) is 0 Å². The molecule has 9 heteroatoms. The fourth-order valence-electron chi connectivity index (χ4n) is 3.59. The van der Waals surface area contributed by atoms with Crippen LogP contribution in [0.2, 0.25) is 0 Å². The maximum atomic E-state index is 12.6. The number of carbonyl (C=O) groups excluding carboxylic acids is 2. The SMILES string of the molecule is COc1cc(OC)cc(C(=O)C(O)c2cc(OC)cc(OC)c2)c1.NC(=O)OC1CCCCC1. The number of ether oxygens (including phenoxy) is 5. The van der Waals surface area contributed by atoms with E-state index in [9.17, 15) is 14.7 Å². The Bertz CT molecular complexity index is 911. The van der Waals surface area contributed by atoms with Gasteiger partial charge in [0.05, 0.1) is 28.4 Å². The molecule has 0 saturated heterocycles. The Morgan fingerprint density at radius 3 is 1.65 bits per heavy atom. The monoisotopic (exact) mass is 475 g/mol. The highest BCUT2D eigenvalue weighted by Gasteiger charge is 2.22. The number of ketones is 1. The molecule has 0 spiro atoms. The molecule has 2 aromatic rings. The summed E-state index contributed by atoms with van der Waals surface area (Å²) in [5, 5.41) is 10.5. The second-order valence-electron chi connectivity index (χ2n) is 7.71. The van der Waals surface area contributed by atoms with Crippen LogP contribution in [0, 0.1) is 0 Å². The highest BCUT2D eigenvalue weighted by atomic mass is 16.6. The molecule has 0 aromatic heterocycles.